The molecule has 3 nitrogen and oxygen atoms in total. The lowest BCUT2D eigenvalue weighted by Crippen LogP contribution is -2.45. The van der Waals surface area contributed by atoms with Gasteiger partial charge in [-0.3, -0.25) is 0 Å². The van der Waals surface area contributed by atoms with E-state index in [1.165, 1.54) is 35.6 Å². The molecule has 1 saturated heterocycles. The molecular formula is C17H25N3S. The van der Waals surface area contributed by atoms with Crippen LogP contribution >= 0.6 is 11.3 Å². The number of likely N-dealkylation sites (tertiary alicyclic amines) is 1. The van der Waals surface area contributed by atoms with E-state index in [1.807, 2.05) is 11.3 Å². The number of para-hydroxylation sites is 1. The van der Waals surface area contributed by atoms with E-state index in [-0.39, 0.29) is 0 Å². The number of hydrogen-bond donors (Lipinski definition) is 1. The molecule has 0 aliphatic carbocycles. The summed E-state index contributed by atoms with van der Waals surface area (Å²) in [6, 6.07) is 10.1. The van der Waals surface area contributed by atoms with Crippen LogP contribution in [0.1, 0.15) is 44.7 Å². The molecule has 1 fully saturated rings. The molecular weight excluding hydrogens is 278 g/mol. The summed E-state index contributed by atoms with van der Waals surface area (Å²) in [5.74, 6) is 0. The number of thiazole rings is 1. The van der Waals surface area contributed by atoms with Crippen molar-refractivity contribution in [2.75, 3.05) is 13.1 Å². The Balaban J connectivity index is 1.60. The van der Waals surface area contributed by atoms with E-state index < -0.39 is 0 Å². The lowest BCUT2D eigenvalue weighted by molar-refractivity contribution is 0.157. The normalized spacial score (nSPS) is 19.4. The SMILES string of the molecule is CC(NC1CCN(C(C)C)CC1)c1nc2ccccc2s1. The summed E-state index contributed by atoms with van der Waals surface area (Å²) in [5.41, 5.74) is 1.13. The van der Waals surface area contributed by atoms with Crippen molar-refractivity contribution in [3.63, 3.8) is 0 Å². The Labute approximate surface area is 131 Å². The minimum Gasteiger partial charge on any atom is -0.305 e. The van der Waals surface area contributed by atoms with Crippen LogP contribution in [0.3, 0.4) is 0 Å². The van der Waals surface area contributed by atoms with Gasteiger partial charge in [0.2, 0.25) is 0 Å². The standard InChI is InChI=1S/C17H25N3S/c1-12(2)20-10-8-14(9-11-20)18-13(3)17-19-15-6-4-5-7-16(15)21-17/h4-7,12-14,18H,8-11H2,1-3H3. The number of benzene rings is 1. The molecule has 1 atom stereocenters. The maximum absolute atomic E-state index is 4.77. The van der Waals surface area contributed by atoms with Gasteiger partial charge in [-0.25, -0.2) is 4.98 Å². The molecule has 2 aromatic rings. The third-order valence-corrected chi connectivity index (χ3v) is 5.65. The Morgan fingerprint density at radius 3 is 2.57 bits per heavy atom. The van der Waals surface area contributed by atoms with E-state index in [0.29, 0.717) is 18.1 Å². The van der Waals surface area contributed by atoms with Crippen LogP contribution in [-0.2, 0) is 0 Å². The highest BCUT2D eigenvalue weighted by atomic mass is 32.1. The van der Waals surface area contributed by atoms with Gasteiger partial charge in [0.1, 0.15) is 5.01 Å². The lowest BCUT2D eigenvalue weighted by Gasteiger charge is -2.35. The van der Waals surface area contributed by atoms with Crippen molar-refractivity contribution in [1.29, 1.82) is 0 Å². The summed E-state index contributed by atoms with van der Waals surface area (Å²) in [5, 5.41) is 4.99. The lowest BCUT2D eigenvalue weighted by atomic mass is 10.0. The first-order valence-electron chi connectivity index (χ1n) is 7.99. The van der Waals surface area contributed by atoms with Crippen LogP contribution < -0.4 is 5.32 Å². The second kappa shape index (κ2) is 6.42. The summed E-state index contributed by atoms with van der Waals surface area (Å²) in [6.07, 6.45) is 2.49. The molecule has 1 aromatic heterocycles. The summed E-state index contributed by atoms with van der Waals surface area (Å²) in [4.78, 5) is 7.34. The maximum Gasteiger partial charge on any atom is 0.111 e. The fourth-order valence-corrected chi connectivity index (χ4v) is 4.06. The molecule has 0 radical (unpaired) electrons. The number of nitrogens with zero attached hydrogens (tertiary/aromatic N) is 2. The first-order chi connectivity index (χ1) is 10.1. The number of aromatic nitrogens is 1. The second-order valence-electron chi connectivity index (χ2n) is 6.31. The molecule has 0 saturated carbocycles. The predicted octanol–water partition coefficient (Wildman–Crippen LogP) is 3.82. The molecule has 1 N–H and O–H groups in total. The Hall–Kier alpha value is -0.970. The zero-order valence-corrected chi connectivity index (χ0v) is 14.0. The zero-order chi connectivity index (χ0) is 14.8. The average Bonchev–Trinajstić information content (AvgIpc) is 2.92. The molecule has 4 heteroatoms. The number of piperidine rings is 1. The van der Waals surface area contributed by atoms with Crippen molar-refractivity contribution in [3.8, 4) is 0 Å². The molecule has 1 aliphatic heterocycles. The first kappa shape index (κ1) is 14.9. The highest BCUT2D eigenvalue weighted by Gasteiger charge is 2.23. The smallest absolute Gasteiger partial charge is 0.111 e. The van der Waals surface area contributed by atoms with Crippen LogP contribution in [0.5, 0.6) is 0 Å². The van der Waals surface area contributed by atoms with Crippen molar-refractivity contribution >= 4 is 21.6 Å². The molecule has 21 heavy (non-hydrogen) atoms. The molecule has 3 rings (SSSR count). The average molecular weight is 303 g/mol. The topological polar surface area (TPSA) is 28.2 Å². The van der Waals surface area contributed by atoms with E-state index in [2.05, 4.69) is 55.3 Å². The molecule has 2 heterocycles. The Morgan fingerprint density at radius 1 is 1.19 bits per heavy atom. The summed E-state index contributed by atoms with van der Waals surface area (Å²) < 4.78 is 1.29. The van der Waals surface area contributed by atoms with Gasteiger partial charge in [-0.1, -0.05) is 12.1 Å². The summed E-state index contributed by atoms with van der Waals surface area (Å²) >= 11 is 1.82. The van der Waals surface area contributed by atoms with Gasteiger partial charge in [0.25, 0.3) is 0 Å². The fraction of sp³-hybridized carbons (Fsp3) is 0.588. The van der Waals surface area contributed by atoms with Crippen LogP contribution in [0.15, 0.2) is 24.3 Å². The Morgan fingerprint density at radius 2 is 1.90 bits per heavy atom. The molecule has 0 bridgehead atoms. The van der Waals surface area contributed by atoms with Gasteiger partial charge in [0.05, 0.1) is 16.3 Å². The monoisotopic (exact) mass is 303 g/mol. The van der Waals surface area contributed by atoms with Gasteiger partial charge < -0.3 is 10.2 Å². The number of fused-ring (bicyclic) bond motifs is 1. The van der Waals surface area contributed by atoms with Gasteiger partial charge >= 0.3 is 0 Å². The third-order valence-electron chi connectivity index (χ3n) is 4.43. The fourth-order valence-electron chi connectivity index (χ4n) is 3.08. The number of nitrogens with one attached hydrogen (secondary N) is 1. The highest BCUT2D eigenvalue weighted by Crippen LogP contribution is 2.27. The second-order valence-corrected chi connectivity index (χ2v) is 7.37. The minimum atomic E-state index is 0.345. The third kappa shape index (κ3) is 3.44. The van der Waals surface area contributed by atoms with Gasteiger partial charge in [0.15, 0.2) is 0 Å². The quantitative estimate of drug-likeness (QED) is 0.930. The zero-order valence-electron chi connectivity index (χ0n) is 13.2. The maximum atomic E-state index is 4.77. The Bertz CT molecular complexity index is 551. The van der Waals surface area contributed by atoms with Crippen molar-refractivity contribution < 1.29 is 0 Å². The highest BCUT2D eigenvalue weighted by molar-refractivity contribution is 7.18. The van der Waals surface area contributed by atoms with Crippen LogP contribution in [0, 0.1) is 0 Å². The number of hydrogen-bond acceptors (Lipinski definition) is 4. The predicted molar refractivity (Wildman–Crippen MR) is 90.9 cm³/mol. The molecule has 1 aromatic carbocycles. The molecule has 1 aliphatic rings. The molecule has 114 valence electrons. The van der Waals surface area contributed by atoms with Crippen LogP contribution in [0.2, 0.25) is 0 Å². The van der Waals surface area contributed by atoms with E-state index in [1.54, 1.807) is 0 Å². The Kier molecular flexibility index (Phi) is 4.57. The summed E-state index contributed by atoms with van der Waals surface area (Å²) in [7, 11) is 0. The van der Waals surface area contributed by atoms with Gasteiger partial charge in [-0.2, -0.15) is 0 Å². The molecule has 0 spiro atoms. The van der Waals surface area contributed by atoms with Crippen molar-refractivity contribution in [2.24, 2.45) is 0 Å². The van der Waals surface area contributed by atoms with Crippen LogP contribution in [-0.4, -0.2) is 35.1 Å². The van der Waals surface area contributed by atoms with E-state index in [4.69, 9.17) is 4.98 Å². The molecule has 1 unspecified atom stereocenters. The van der Waals surface area contributed by atoms with Crippen LogP contribution in [0.4, 0.5) is 0 Å². The first-order valence-corrected chi connectivity index (χ1v) is 8.80. The molecule has 0 amide bonds. The summed E-state index contributed by atoms with van der Waals surface area (Å²) in [6.45, 7) is 9.24. The van der Waals surface area contributed by atoms with E-state index >= 15 is 0 Å². The van der Waals surface area contributed by atoms with Crippen molar-refractivity contribution in [1.82, 2.24) is 15.2 Å². The van der Waals surface area contributed by atoms with Crippen molar-refractivity contribution in [2.45, 2.75) is 51.7 Å². The minimum absolute atomic E-state index is 0.345. The van der Waals surface area contributed by atoms with Crippen LogP contribution in [0.25, 0.3) is 10.2 Å². The van der Waals surface area contributed by atoms with E-state index in [0.717, 1.165) is 5.52 Å². The van der Waals surface area contributed by atoms with Gasteiger partial charge in [-0.05, 0) is 58.8 Å². The largest absolute Gasteiger partial charge is 0.305 e. The van der Waals surface area contributed by atoms with Gasteiger partial charge in [0, 0.05) is 12.1 Å². The van der Waals surface area contributed by atoms with E-state index in [9.17, 15) is 0 Å². The van der Waals surface area contributed by atoms with Gasteiger partial charge in [-0.15, -0.1) is 11.3 Å². The van der Waals surface area contributed by atoms with Crippen molar-refractivity contribution in [3.05, 3.63) is 29.3 Å². The number of rotatable bonds is 4.